The van der Waals surface area contributed by atoms with Gasteiger partial charge in [-0.05, 0) is 53.9 Å². The molecule has 4 rings (SSSR count). The number of rotatable bonds is 1. The Morgan fingerprint density at radius 3 is 2.80 bits per heavy atom. The van der Waals surface area contributed by atoms with E-state index in [1.54, 1.807) is 6.07 Å². The summed E-state index contributed by atoms with van der Waals surface area (Å²) in [7, 11) is 0. The number of aryl methyl sites for hydroxylation is 1. The fraction of sp³-hybridized carbons (Fsp3) is 0.211. The molecule has 3 heterocycles. The van der Waals surface area contributed by atoms with Gasteiger partial charge in [0.05, 0.1) is 11.7 Å². The van der Waals surface area contributed by atoms with Crippen LogP contribution in [0.5, 0.6) is 0 Å². The van der Waals surface area contributed by atoms with E-state index in [1.165, 1.54) is 6.20 Å². The molecule has 1 aliphatic heterocycles. The lowest BCUT2D eigenvalue weighted by atomic mass is 10.0. The van der Waals surface area contributed by atoms with Crippen molar-refractivity contribution in [2.75, 3.05) is 0 Å². The average Bonchev–Trinajstić information content (AvgIpc) is 2.99. The van der Waals surface area contributed by atoms with Crippen molar-refractivity contribution in [3.8, 4) is 5.69 Å². The predicted octanol–water partition coefficient (Wildman–Crippen LogP) is 4.39. The van der Waals surface area contributed by atoms with Crippen LogP contribution in [0, 0.1) is 6.92 Å². The van der Waals surface area contributed by atoms with Gasteiger partial charge in [0, 0.05) is 24.6 Å². The molecular formula is C19H16F3N3. The molecule has 0 aliphatic carbocycles. The van der Waals surface area contributed by atoms with Gasteiger partial charge in [0.1, 0.15) is 5.69 Å². The lowest BCUT2D eigenvalue weighted by Crippen LogP contribution is -2.22. The van der Waals surface area contributed by atoms with E-state index in [0.717, 1.165) is 28.6 Å². The number of hydrogen-bond acceptors (Lipinski definition) is 2. The first-order valence-electron chi connectivity index (χ1n) is 7.98. The molecule has 128 valence electrons. The predicted molar refractivity (Wildman–Crippen MR) is 88.4 cm³/mol. The fourth-order valence-corrected chi connectivity index (χ4v) is 3.37. The molecule has 1 N–H and O–H groups in total. The first kappa shape index (κ1) is 15.9. The maximum Gasteiger partial charge on any atom is 0.433 e. The van der Waals surface area contributed by atoms with Crippen molar-refractivity contribution in [1.82, 2.24) is 14.9 Å². The standard InChI is InChI=1S/C19H16F3N3/c1-12-4-2-5-15-14(12)11-24-18(16-6-3-9-25(15)16)13-7-8-23-17(10-13)19(20,21)22/h2-10,18,24H,11H2,1H3. The number of hydrogen-bond donors (Lipinski definition) is 1. The third-order valence-corrected chi connectivity index (χ3v) is 4.61. The Morgan fingerprint density at radius 2 is 2.00 bits per heavy atom. The SMILES string of the molecule is Cc1cccc2c1CNC(c1ccnc(C(F)(F)F)c1)c1cccn1-2. The minimum Gasteiger partial charge on any atom is -0.319 e. The number of nitrogens with zero attached hydrogens (tertiary/aromatic N) is 2. The highest BCUT2D eigenvalue weighted by Crippen LogP contribution is 2.34. The topological polar surface area (TPSA) is 29.9 Å². The van der Waals surface area contributed by atoms with Gasteiger partial charge in [-0.1, -0.05) is 12.1 Å². The van der Waals surface area contributed by atoms with Crippen molar-refractivity contribution in [2.24, 2.45) is 0 Å². The zero-order valence-electron chi connectivity index (χ0n) is 13.5. The van der Waals surface area contributed by atoms with E-state index in [2.05, 4.69) is 10.3 Å². The molecule has 0 bridgehead atoms. The normalized spacial score (nSPS) is 16.9. The van der Waals surface area contributed by atoms with Crippen molar-refractivity contribution < 1.29 is 13.2 Å². The Morgan fingerprint density at radius 1 is 1.16 bits per heavy atom. The summed E-state index contributed by atoms with van der Waals surface area (Å²) in [6, 6.07) is 12.3. The van der Waals surface area contributed by atoms with Crippen molar-refractivity contribution in [3.63, 3.8) is 0 Å². The van der Waals surface area contributed by atoms with Crippen molar-refractivity contribution >= 4 is 0 Å². The molecule has 2 aromatic heterocycles. The summed E-state index contributed by atoms with van der Waals surface area (Å²) in [6.45, 7) is 2.62. The van der Waals surface area contributed by atoms with Crippen molar-refractivity contribution in [2.45, 2.75) is 25.7 Å². The summed E-state index contributed by atoms with van der Waals surface area (Å²) in [6.07, 6.45) is -1.29. The molecule has 0 amide bonds. The van der Waals surface area contributed by atoms with E-state index < -0.39 is 11.9 Å². The summed E-state index contributed by atoms with van der Waals surface area (Å²) < 4.78 is 41.1. The Balaban J connectivity index is 1.84. The lowest BCUT2D eigenvalue weighted by molar-refractivity contribution is -0.141. The van der Waals surface area contributed by atoms with E-state index >= 15 is 0 Å². The molecule has 0 radical (unpaired) electrons. The maximum absolute atomic E-state index is 13.0. The summed E-state index contributed by atoms with van der Waals surface area (Å²) in [5.41, 5.74) is 3.93. The molecule has 1 atom stereocenters. The fourth-order valence-electron chi connectivity index (χ4n) is 3.37. The lowest BCUT2D eigenvalue weighted by Gasteiger charge is -2.19. The van der Waals surface area contributed by atoms with E-state index in [-0.39, 0.29) is 6.04 Å². The number of halogens is 3. The van der Waals surface area contributed by atoms with E-state index in [1.807, 2.05) is 48.0 Å². The van der Waals surface area contributed by atoms with Crippen LogP contribution in [0.4, 0.5) is 13.2 Å². The minimum atomic E-state index is -4.46. The zero-order chi connectivity index (χ0) is 17.6. The molecule has 1 aliphatic rings. The molecule has 0 fully saturated rings. The van der Waals surface area contributed by atoms with Crippen LogP contribution in [0.15, 0.2) is 54.9 Å². The van der Waals surface area contributed by atoms with E-state index in [4.69, 9.17) is 0 Å². The highest BCUT2D eigenvalue weighted by atomic mass is 19.4. The van der Waals surface area contributed by atoms with Crippen LogP contribution < -0.4 is 5.32 Å². The van der Waals surface area contributed by atoms with Crippen LogP contribution in [-0.4, -0.2) is 9.55 Å². The van der Waals surface area contributed by atoms with Gasteiger partial charge in [-0.2, -0.15) is 13.2 Å². The van der Waals surface area contributed by atoms with Crippen molar-refractivity contribution in [3.05, 3.63) is 82.9 Å². The van der Waals surface area contributed by atoms with Crippen LogP contribution >= 0.6 is 0 Å². The van der Waals surface area contributed by atoms with Crippen LogP contribution in [0.2, 0.25) is 0 Å². The summed E-state index contributed by atoms with van der Waals surface area (Å²) >= 11 is 0. The number of benzene rings is 1. The van der Waals surface area contributed by atoms with Crippen molar-refractivity contribution in [1.29, 1.82) is 0 Å². The Kier molecular flexibility index (Phi) is 3.65. The van der Waals surface area contributed by atoms with E-state index in [0.29, 0.717) is 12.1 Å². The second-order valence-electron chi connectivity index (χ2n) is 6.16. The van der Waals surface area contributed by atoms with E-state index in [9.17, 15) is 13.2 Å². The molecule has 0 saturated carbocycles. The number of pyridine rings is 1. The summed E-state index contributed by atoms with van der Waals surface area (Å²) in [5, 5.41) is 3.40. The second-order valence-corrected chi connectivity index (χ2v) is 6.16. The average molecular weight is 343 g/mol. The molecular weight excluding hydrogens is 327 g/mol. The molecule has 25 heavy (non-hydrogen) atoms. The van der Waals surface area contributed by atoms with Gasteiger partial charge >= 0.3 is 6.18 Å². The maximum atomic E-state index is 13.0. The Hall–Kier alpha value is -2.60. The Bertz CT molecular complexity index is 928. The monoisotopic (exact) mass is 343 g/mol. The summed E-state index contributed by atoms with van der Waals surface area (Å²) in [4.78, 5) is 3.47. The number of aromatic nitrogens is 2. The molecule has 3 nitrogen and oxygen atoms in total. The van der Waals surface area contributed by atoms with Gasteiger partial charge in [0.15, 0.2) is 0 Å². The molecule has 6 heteroatoms. The number of nitrogens with one attached hydrogen (secondary N) is 1. The highest BCUT2D eigenvalue weighted by Gasteiger charge is 2.33. The van der Waals surface area contributed by atoms with Crippen LogP contribution in [0.3, 0.4) is 0 Å². The third kappa shape index (κ3) is 2.72. The van der Waals surface area contributed by atoms with Gasteiger partial charge in [-0.3, -0.25) is 4.98 Å². The number of fused-ring (bicyclic) bond motifs is 3. The highest BCUT2D eigenvalue weighted by molar-refractivity contribution is 5.50. The van der Waals surface area contributed by atoms with Gasteiger partial charge < -0.3 is 9.88 Å². The minimum absolute atomic E-state index is 0.342. The van der Waals surface area contributed by atoms with Gasteiger partial charge in [-0.25, -0.2) is 0 Å². The molecule has 0 saturated heterocycles. The van der Waals surface area contributed by atoms with Gasteiger partial charge in [0.25, 0.3) is 0 Å². The first-order valence-corrected chi connectivity index (χ1v) is 7.98. The Labute approximate surface area is 143 Å². The third-order valence-electron chi connectivity index (χ3n) is 4.61. The first-order chi connectivity index (χ1) is 11.9. The van der Waals surface area contributed by atoms with Gasteiger partial charge in [0.2, 0.25) is 0 Å². The second kappa shape index (κ2) is 5.74. The van der Waals surface area contributed by atoms with Gasteiger partial charge in [-0.15, -0.1) is 0 Å². The smallest absolute Gasteiger partial charge is 0.319 e. The quantitative estimate of drug-likeness (QED) is 0.710. The van der Waals surface area contributed by atoms with Crippen LogP contribution in [0.1, 0.15) is 34.1 Å². The zero-order valence-corrected chi connectivity index (χ0v) is 13.5. The largest absolute Gasteiger partial charge is 0.433 e. The summed E-state index contributed by atoms with van der Waals surface area (Å²) in [5.74, 6) is 0. The molecule has 0 spiro atoms. The number of alkyl halides is 3. The molecule has 1 aromatic carbocycles. The molecule has 1 unspecified atom stereocenters. The van der Waals surface area contributed by atoms with Crippen LogP contribution in [-0.2, 0) is 12.7 Å². The van der Waals surface area contributed by atoms with Crippen LogP contribution in [0.25, 0.3) is 5.69 Å². The molecule has 3 aromatic rings.